The highest BCUT2D eigenvalue weighted by Crippen LogP contribution is 2.39. The second-order valence-corrected chi connectivity index (χ2v) is 11.6. The third kappa shape index (κ3) is 6.16. The number of likely N-dealkylation sites (N-methyl/N-ethyl adjacent to an activating group) is 1. The minimum absolute atomic E-state index is 0.142. The minimum atomic E-state index is -4.87. The first-order valence-electron chi connectivity index (χ1n) is 14.8. The number of hydrogen-bond acceptors (Lipinski definition) is 8. The van der Waals surface area contributed by atoms with Gasteiger partial charge in [0.2, 0.25) is 0 Å². The summed E-state index contributed by atoms with van der Waals surface area (Å²) < 4.78 is 60.4. The van der Waals surface area contributed by atoms with Gasteiger partial charge in [-0.05, 0) is 63.1 Å². The van der Waals surface area contributed by atoms with E-state index in [4.69, 9.17) is 15.6 Å². The number of carbonyl (C=O) groups is 1. The highest BCUT2D eigenvalue weighted by molar-refractivity contribution is 6.05. The van der Waals surface area contributed by atoms with Crippen LogP contribution in [0.2, 0.25) is 0 Å². The van der Waals surface area contributed by atoms with E-state index in [2.05, 4.69) is 32.1 Å². The maximum Gasteiger partial charge on any atom is 0.419 e. The highest BCUT2D eigenvalue weighted by Gasteiger charge is 2.34. The van der Waals surface area contributed by atoms with Crippen molar-refractivity contribution in [1.82, 2.24) is 29.5 Å². The van der Waals surface area contributed by atoms with E-state index in [1.807, 2.05) is 4.68 Å². The van der Waals surface area contributed by atoms with Gasteiger partial charge in [-0.15, -0.1) is 0 Å². The molecular formula is C31H34F4N8O2. The number of methoxy groups -OCH3 is 1. The third-order valence-corrected chi connectivity index (χ3v) is 8.84. The number of piperazine rings is 1. The number of alkyl halides is 3. The van der Waals surface area contributed by atoms with Crippen LogP contribution >= 0.6 is 0 Å². The molecule has 0 bridgehead atoms. The average molecular weight is 627 g/mol. The largest absolute Gasteiger partial charge is 0.495 e. The van der Waals surface area contributed by atoms with E-state index in [-0.39, 0.29) is 28.9 Å². The molecule has 45 heavy (non-hydrogen) atoms. The lowest BCUT2D eigenvalue weighted by Gasteiger charge is -2.41. The van der Waals surface area contributed by atoms with Gasteiger partial charge in [0, 0.05) is 43.3 Å². The van der Waals surface area contributed by atoms with Gasteiger partial charge in [-0.25, -0.2) is 19.0 Å². The van der Waals surface area contributed by atoms with Crippen LogP contribution in [-0.4, -0.2) is 81.8 Å². The van der Waals surface area contributed by atoms with Crippen molar-refractivity contribution >= 4 is 28.4 Å². The van der Waals surface area contributed by atoms with Gasteiger partial charge in [0.05, 0.1) is 29.8 Å². The smallest absolute Gasteiger partial charge is 0.419 e. The molecule has 3 N–H and O–H groups in total. The lowest BCUT2D eigenvalue weighted by atomic mass is 9.90. The molecule has 238 valence electrons. The van der Waals surface area contributed by atoms with Gasteiger partial charge in [0.1, 0.15) is 29.4 Å². The summed E-state index contributed by atoms with van der Waals surface area (Å²) in [5.41, 5.74) is 6.70. The molecular weight excluding hydrogens is 592 g/mol. The summed E-state index contributed by atoms with van der Waals surface area (Å²) in [6, 6.07) is 7.68. The molecule has 3 heterocycles. The van der Waals surface area contributed by atoms with Crippen molar-refractivity contribution in [3.8, 4) is 17.0 Å². The van der Waals surface area contributed by atoms with Crippen LogP contribution in [0.4, 0.5) is 29.1 Å². The normalized spacial score (nSPS) is 20.0. The van der Waals surface area contributed by atoms with E-state index in [1.165, 1.54) is 13.4 Å². The summed E-state index contributed by atoms with van der Waals surface area (Å²) in [6.45, 7) is 4.35. The Hall–Kier alpha value is -4.30. The van der Waals surface area contributed by atoms with Crippen LogP contribution in [0.1, 0.15) is 47.6 Å². The van der Waals surface area contributed by atoms with E-state index in [0.29, 0.717) is 40.5 Å². The number of carbonyl (C=O) groups excluding carboxylic acids is 1. The zero-order chi connectivity index (χ0) is 31.9. The molecule has 0 radical (unpaired) electrons. The van der Waals surface area contributed by atoms with E-state index >= 15 is 0 Å². The summed E-state index contributed by atoms with van der Waals surface area (Å²) in [7, 11) is 3.58. The molecule has 14 heteroatoms. The molecule has 1 saturated carbocycles. The Bertz CT molecular complexity index is 1710. The fraction of sp³-hybridized carbons (Fsp3) is 0.419. The topological polar surface area (TPSA) is 114 Å². The van der Waals surface area contributed by atoms with Crippen molar-refractivity contribution in [3.63, 3.8) is 0 Å². The second kappa shape index (κ2) is 12.2. The molecule has 2 aromatic carbocycles. The molecule has 0 spiro atoms. The number of hydrogen-bond donors (Lipinski definition) is 2. The number of aromatic nitrogens is 4. The van der Waals surface area contributed by atoms with Gasteiger partial charge in [0.25, 0.3) is 5.91 Å². The molecule has 1 amide bonds. The Kier molecular flexibility index (Phi) is 8.35. The van der Waals surface area contributed by atoms with Crippen LogP contribution in [0.3, 0.4) is 0 Å². The number of nitrogen functional groups attached to an aromatic ring is 1. The van der Waals surface area contributed by atoms with Gasteiger partial charge in [0.15, 0.2) is 5.65 Å². The minimum Gasteiger partial charge on any atom is -0.495 e. The fourth-order valence-electron chi connectivity index (χ4n) is 6.33. The van der Waals surface area contributed by atoms with Crippen molar-refractivity contribution in [1.29, 1.82) is 0 Å². The molecule has 2 aliphatic rings. The van der Waals surface area contributed by atoms with E-state index in [9.17, 15) is 22.4 Å². The number of benzene rings is 2. The zero-order valence-corrected chi connectivity index (χ0v) is 24.9. The van der Waals surface area contributed by atoms with Gasteiger partial charge >= 0.3 is 6.18 Å². The molecule has 10 nitrogen and oxygen atoms in total. The van der Waals surface area contributed by atoms with Crippen LogP contribution in [0.15, 0.2) is 42.7 Å². The number of amides is 1. The fourth-order valence-corrected chi connectivity index (χ4v) is 6.33. The standard InChI is InChI=1S/C31H34F4N8O2/c1-41-11-13-42(14-12-41)20-5-7-21(8-6-20)43-29-26(28(36)37-17-38-29)27(40-43)18-4-10-24(25(16-18)45-2)39-30(44)19-3-9-22(23(32)15-19)31(33,34)35/h3-4,9-10,15-17,20-21H,5-8,11-14H2,1-2H3,(H,39,44)(H2,36,37,38). The van der Waals surface area contributed by atoms with Crippen LogP contribution in [0.25, 0.3) is 22.3 Å². The van der Waals surface area contributed by atoms with Crippen LogP contribution in [0, 0.1) is 5.82 Å². The molecule has 0 unspecified atom stereocenters. The van der Waals surface area contributed by atoms with E-state index in [0.717, 1.165) is 57.9 Å². The third-order valence-electron chi connectivity index (χ3n) is 8.84. The summed E-state index contributed by atoms with van der Waals surface area (Å²) in [4.78, 5) is 26.5. The molecule has 2 aromatic heterocycles. The van der Waals surface area contributed by atoms with Gasteiger partial charge in [-0.3, -0.25) is 9.69 Å². The number of nitrogens with two attached hydrogens (primary N) is 1. The lowest BCUT2D eigenvalue weighted by Crippen LogP contribution is -2.49. The summed E-state index contributed by atoms with van der Waals surface area (Å²) in [5.74, 6) is -1.78. The Balaban J connectivity index is 1.24. The quantitative estimate of drug-likeness (QED) is 0.280. The number of rotatable bonds is 6. The van der Waals surface area contributed by atoms with E-state index < -0.39 is 23.5 Å². The highest BCUT2D eigenvalue weighted by atomic mass is 19.4. The number of fused-ring (bicyclic) bond motifs is 1. The number of nitrogens with zero attached hydrogens (tertiary/aromatic N) is 6. The summed E-state index contributed by atoms with van der Waals surface area (Å²) >= 11 is 0. The van der Waals surface area contributed by atoms with Gasteiger partial charge in [-0.2, -0.15) is 18.3 Å². The van der Waals surface area contributed by atoms with Gasteiger partial charge < -0.3 is 20.7 Å². The number of halogens is 4. The van der Waals surface area contributed by atoms with Crippen molar-refractivity contribution in [2.45, 2.75) is 43.9 Å². The van der Waals surface area contributed by atoms with Gasteiger partial charge in [-0.1, -0.05) is 6.07 Å². The maximum atomic E-state index is 14.1. The first-order chi connectivity index (χ1) is 21.5. The molecule has 2 fully saturated rings. The number of nitrogens with one attached hydrogen (secondary N) is 1. The molecule has 6 rings (SSSR count). The zero-order valence-electron chi connectivity index (χ0n) is 24.9. The Labute approximate surface area is 257 Å². The molecule has 4 aromatic rings. The van der Waals surface area contributed by atoms with Crippen LogP contribution in [-0.2, 0) is 6.18 Å². The monoisotopic (exact) mass is 626 g/mol. The van der Waals surface area contributed by atoms with Crippen LogP contribution in [0.5, 0.6) is 5.75 Å². The predicted octanol–water partition coefficient (Wildman–Crippen LogP) is 5.23. The Morgan fingerprint density at radius 1 is 1.00 bits per heavy atom. The molecule has 1 saturated heterocycles. The van der Waals surface area contributed by atoms with Crippen LogP contribution < -0.4 is 15.8 Å². The van der Waals surface area contributed by atoms with Crippen molar-refractivity contribution in [3.05, 3.63) is 59.7 Å². The predicted molar refractivity (Wildman–Crippen MR) is 161 cm³/mol. The second-order valence-electron chi connectivity index (χ2n) is 11.6. The first-order valence-corrected chi connectivity index (χ1v) is 14.8. The lowest BCUT2D eigenvalue weighted by molar-refractivity contribution is -0.140. The molecule has 1 aliphatic carbocycles. The number of anilines is 2. The van der Waals surface area contributed by atoms with Crippen molar-refractivity contribution in [2.75, 3.05) is 51.4 Å². The average Bonchev–Trinajstić information content (AvgIpc) is 3.42. The number of ether oxygens (including phenoxy) is 1. The van der Waals surface area contributed by atoms with E-state index in [1.54, 1.807) is 18.2 Å². The molecule has 1 aliphatic heterocycles. The maximum absolute atomic E-state index is 14.1. The Morgan fingerprint density at radius 2 is 1.71 bits per heavy atom. The SMILES string of the molecule is COc1cc(-c2nn(C3CCC(N4CCN(C)CC4)CC3)c3ncnc(N)c23)ccc1NC(=O)c1ccc(C(F)(F)F)c(F)c1. The first kappa shape index (κ1) is 30.7. The van der Waals surface area contributed by atoms with Crippen molar-refractivity contribution < 1.29 is 27.1 Å². The summed E-state index contributed by atoms with van der Waals surface area (Å²) in [6.07, 6.45) is 0.603. The Morgan fingerprint density at radius 3 is 2.38 bits per heavy atom. The van der Waals surface area contributed by atoms with Crippen molar-refractivity contribution in [2.24, 2.45) is 0 Å². The molecule has 0 atom stereocenters. The summed E-state index contributed by atoms with van der Waals surface area (Å²) in [5, 5.41) is 8.18.